The van der Waals surface area contributed by atoms with Crippen molar-refractivity contribution in [1.82, 2.24) is 4.98 Å². The molecular formula is C19H18N2O2. The van der Waals surface area contributed by atoms with Gasteiger partial charge in [-0.1, -0.05) is 24.3 Å². The van der Waals surface area contributed by atoms with Gasteiger partial charge >= 0.3 is 0 Å². The number of rotatable bonds is 2. The van der Waals surface area contributed by atoms with E-state index in [1.165, 1.54) is 0 Å². The first kappa shape index (κ1) is 13.9. The fourth-order valence-electron chi connectivity index (χ4n) is 3.12. The number of aromatic nitrogens is 1. The number of para-hydroxylation sites is 1. The second kappa shape index (κ2) is 5.47. The highest BCUT2D eigenvalue weighted by Gasteiger charge is 2.24. The Morgan fingerprint density at radius 1 is 1.26 bits per heavy atom. The molecule has 0 aliphatic carbocycles. The second-order valence-electron chi connectivity index (χ2n) is 5.90. The van der Waals surface area contributed by atoms with E-state index in [0.29, 0.717) is 19.6 Å². The highest BCUT2D eigenvalue weighted by atomic mass is 16.5. The third kappa shape index (κ3) is 2.46. The third-order valence-electron chi connectivity index (χ3n) is 4.30. The number of carbonyl (C=O) groups is 1. The molecule has 1 aromatic heterocycles. The Kier molecular flexibility index (Phi) is 3.30. The van der Waals surface area contributed by atoms with Gasteiger partial charge in [0.25, 0.3) is 0 Å². The van der Waals surface area contributed by atoms with Crippen LogP contribution in [0.5, 0.6) is 5.75 Å². The van der Waals surface area contributed by atoms with E-state index in [-0.39, 0.29) is 5.91 Å². The summed E-state index contributed by atoms with van der Waals surface area (Å²) < 4.78 is 5.66. The molecule has 2 heterocycles. The molecule has 0 atom stereocenters. The Hall–Kier alpha value is -2.75. The van der Waals surface area contributed by atoms with Crippen molar-refractivity contribution in [3.05, 3.63) is 59.8 Å². The Bertz CT molecular complexity index is 882. The summed E-state index contributed by atoms with van der Waals surface area (Å²) in [5.74, 6) is 0.888. The van der Waals surface area contributed by atoms with Crippen LogP contribution in [-0.4, -0.2) is 24.0 Å². The van der Waals surface area contributed by atoms with Gasteiger partial charge in [-0.05, 0) is 36.2 Å². The van der Waals surface area contributed by atoms with Crippen molar-refractivity contribution in [2.24, 2.45) is 0 Å². The fourth-order valence-corrected chi connectivity index (χ4v) is 3.12. The first-order valence-corrected chi connectivity index (χ1v) is 7.81. The lowest BCUT2D eigenvalue weighted by molar-refractivity contribution is -0.118. The zero-order chi connectivity index (χ0) is 15.8. The number of fused-ring (bicyclic) bond motifs is 2. The van der Waals surface area contributed by atoms with Crippen molar-refractivity contribution in [2.45, 2.75) is 13.3 Å². The van der Waals surface area contributed by atoms with E-state index in [9.17, 15) is 4.79 Å². The van der Waals surface area contributed by atoms with Crippen LogP contribution >= 0.6 is 0 Å². The average molecular weight is 306 g/mol. The molecule has 0 spiro atoms. The molecule has 0 saturated heterocycles. The number of amides is 1. The fraction of sp³-hybridized carbons (Fsp3) is 0.211. The van der Waals surface area contributed by atoms with Crippen LogP contribution in [-0.2, 0) is 11.2 Å². The van der Waals surface area contributed by atoms with Gasteiger partial charge in [-0.15, -0.1) is 0 Å². The Morgan fingerprint density at radius 2 is 2.13 bits per heavy atom. The number of hydrogen-bond acceptors (Lipinski definition) is 2. The van der Waals surface area contributed by atoms with E-state index in [0.717, 1.165) is 33.5 Å². The quantitative estimate of drug-likeness (QED) is 0.788. The van der Waals surface area contributed by atoms with Gasteiger partial charge in [0.2, 0.25) is 5.91 Å². The van der Waals surface area contributed by atoms with Crippen molar-refractivity contribution < 1.29 is 9.53 Å². The molecule has 23 heavy (non-hydrogen) atoms. The minimum absolute atomic E-state index is 0.102. The summed E-state index contributed by atoms with van der Waals surface area (Å²) in [6.07, 6.45) is 2.32. The number of nitrogens with zero attached hydrogens (tertiary/aromatic N) is 1. The maximum atomic E-state index is 12.8. The number of nitrogens with one attached hydrogen (secondary N) is 1. The van der Waals surface area contributed by atoms with Gasteiger partial charge in [0.05, 0.1) is 18.7 Å². The number of aryl methyl sites for hydroxylation is 1. The molecule has 4 rings (SSSR count). The molecule has 0 bridgehead atoms. The van der Waals surface area contributed by atoms with E-state index in [1.54, 1.807) is 0 Å². The standard InChI is InChI=1S/C19H18N2O2/c1-13-6-7-18-17(10-13)21(8-9-23-18)19(22)11-14-12-20-16-5-3-2-4-15(14)16/h2-7,10,12,20H,8-9,11H2,1H3. The van der Waals surface area contributed by atoms with E-state index >= 15 is 0 Å². The van der Waals surface area contributed by atoms with Crippen LogP contribution in [0.1, 0.15) is 11.1 Å². The van der Waals surface area contributed by atoms with Crippen molar-refractivity contribution >= 4 is 22.5 Å². The normalized spacial score (nSPS) is 13.7. The topological polar surface area (TPSA) is 45.3 Å². The second-order valence-corrected chi connectivity index (χ2v) is 5.90. The third-order valence-corrected chi connectivity index (χ3v) is 4.30. The van der Waals surface area contributed by atoms with Crippen molar-refractivity contribution in [3.8, 4) is 5.75 Å². The lowest BCUT2D eigenvalue weighted by atomic mass is 10.1. The number of ether oxygens (including phenoxy) is 1. The summed E-state index contributed by atoms with van der Waals surface area (Å²) in [7, 11) is 0. The minimum atomic E-state index is 0.102. The highest BCUT2D eigenvalue weighted by Crippen LogP contribution is 2.33. The van der Waals surface area contributed by atoms with Crippen LogP contribution < -0.4 is 9.64 Å². The van der Waals surface area contributed by atoms with Crippen LogP contribution in [0.2, 0.25) is 0 Å². The molecule has 0 fully saturated rings. The highest BCUT2D eigenvalue weighted by molar-refractivity contribution is 5.99. The molecule has 3 aromatic rings. The van der Waals surface area contributed by atoms with Crippen LogP contribution in [0.4, 0.5) is 5.69 Å². The lowest BCUT2D eigenvalue weighted by Gasteiger charge is -2.30. The first-order chi connectivity index (χ1) is 11.2. The Morgan fingerprint density at radius 3 is 3.04 bits per heavy atom. The minimum Gasteiger partial charge on any atom is -0.490 e. The van der Waals surface area contributed by atoms with Crippen LogP contribution in [0, 0.1) is 6.92 Å². The molecule has 116 valence electrons. The smallest absolute Gasteiger partial charge is 0.231 e. The number of anilines is 1. The summed E-state index contributed by atoms with van der Waals surface area (Å²) >= 11 is 0. The molecule has 1 aliphatic heterocycles. The average Bonchev–Trinajstić information content (AvgIpc) is 2.97. The summed E-state index contributed by atoms with van der Waals surface area (Å²) in [4.78, 5) is 17.9. The Balaban J connectivity index is 1.64. The zero-order valence-electron chi connectivity index (χ0n) is 13.0. The number of aromatic amines is 1. The summed E-state index contributed by atoms with van der Waals surface area (Å²) in [5.41, 5.74) is 4.10. The molecule has 1 N–H and O–H groups in total. The molecule has 2 aromatic carbocycles. The largest absolute Gasteiger partial charge is 0.490 e. The summed E-state index contributed by atoms with van der Waals surface area (Å²) in [5, 5.41) is 1.11. The van der Waals surface area contributed by atoms with E-state index < -0.39 is 0 Å². The molecule has 0 unspecified atom stereocenters. The van der Waals surface area contributed by atoms with Gasteiger partial charge in [0.1, 0.15) is 12.4 Å². The van der Waals surface area contributed by atoms with Crippen LogP contribution in [0.15, 0.2) is 48.7 Å². The predicted octanol–water partition coefficient (Wildman–Crippen LogP) is 3.44. The molecule has 0 radical (unpaired) electrons. The number of hydrogen-bond donors (Lipinski definition) is 1. The van der Waals surface area contributed by atoms with Crippen molar-refractivity contribution in [3.63, 3.8) is 0 Å². The van der Waals surface area contributed by atoms with Crippen LogP contribution in [0.3, 0.4) is 0 Å². The number of carbonyl (C=O) groups excluding carboxylic acids is 1. The first-order valence-electron chi connectivity index (χ1n) is 7.81. The van der Waals surface area contributed by atoms with Gasteiger partial charge in [0.15, 0.2) is 0 Å². The summed E-state index contributed by atoms with van der Waals surface area (Å²) in [6.45, 7) is 3.16. The molecule has 4 heteroatoms. The van der Waals surface area contributed by atoms with Gasteiger partial charge in [-0.3, -0.25) is 4.79 Å². The molecular weight excluding hydrogens is 288 g/mol. The van der Waals surface area contributed by atoms with E-state index in [4.69, 9.17) is 4.74 Å². The molecule has 1 aliphatic rings. The predicted molar refractivity (Wildman–Crippen MR) is 91.0 cm³/mol. The van der Waals surface area contributed by atoms with Gasteiger partial charge < -0.3 is 14.6 Å². The lowest BCUT2D eigenvalue weighted by Crippen LogP contribution is -2.38. The molecule has 0 saturated carbocycles. The van der Waals surface area contributed by atoms with E-state index in [2.05, 4.69) is 4.98 Å². The maximum Gasteiger partial charge on any atom is 0.231 e. The van der Waals surface area contributed by atoms with E-state index in [1.807, 2.05) is 60.5 Å². The van der Waals surface area contributed by atoms with Gasteiger partial charge in [0, 0.05) is 17.1 Å². The SMILES string of the molecule is Cc1ccc2c(c1)N(C(=O)Cc1c[nH]c3ccccc13)CCO2. The number of benzene rings is 2. The zero-order valence-corrected chi connectivity index (χ0v) is 13.0. The van der Waals surface area contributed by atoms with Crippen LogP contribution in [0.25, 0.3) is 10.9 Å². The van der Waals surface area contributed by atoms with Crippen molar-refractivity contribution in [1.29, 1.82) is 0 Å². The van der Waals surface area contributed by atoms with Gasteiger partial charge in [-0.25, -0.2) is 0 Å². The van der Waals surface area contributed by atoms with Gasteiger partial charge in [-0.2, -0.15) is 0 Å². The number of H-pyrrole nitrogens is 1. The van der Waals surface area contributed by atoms with Crippen molar-refractivity contribution in [2.75, 3.05) is 18.1 Å². The molecule has 1 amide bonds. The monoisotopic (exact) mass is 306 g/mol. The molecule has 4 nitrogen and oxygen atoms in total. The Labute approximate surface area is 134 Å². The summed E-state index contributed by atoms with van der Waals surface area (Å²) in [6, 6.07) is 14.0. The maximum absolute atomic E-state index is 12.8.